The molecule has 0 bridgehead atoms. The Balaban J connectivity index is 2.80. The summed E-state index contributed by atoms with van der Waals surface area (Å²) in [6, 6.07) is -0.837. The van der Waals surface area contributed by atoms with E-state index in [9.17, 15) is 14.4 Å². The minimum Gasteiger partial charge on any atom is -0.463 e. The quantitative estimate of drug-likeness (QED) is 0.421. The molecular formula is C20H33NO7. The van der Waals surface area contributed by atoms with Crippen LogP contribution in [0.2, 0.25) is 0 Å². The van der Waals surface area contributed by atoms with Crippen molar-refractivity contribution in [2.45, 2.75) is 90.8 Å². The van der Waals surface area contributed by atoms with Gasteiger partial charge in [-0.2, -0.15) is 0 Å². The van der Waals surface area contributed by atoms with Crippen molar-refractivity contribution in [3.63, 3.8) is 0 Å². The molecule has 1 saturated heterocycles. The van der Waals surface area contributed by atoms with Gasteiger partial charge in [0.25, 0.3) is 0 Å². The van der Waals surface area contributed by atoms with Gasteiger partial charge in [0.1, 0.15) is 11.8 Å². The molecular weight excluding hydrogens is 366 g/mol. The first-order valence-electron chi connectivity index (χ1n) is 9.84. The monoisotopic (exact) mass is 399 g/mol. The first-order chi connectivity index (χ1) is 13.3. The first kappa shape index (κ1) is 23.9. The molecule has 8 heteroatoms. The van der Waals surface area contributed by atoms with Gasteiger partial charge in [0.15, 0.2) is 12.2 Å². The predicted octanol–water partition coefficient (Wildman–Crippen LogP) is 2.60. The van der Waals surface area contributed by atoms with Gasteiger partial charge in [0, 0.05) is 20.8 Å². The van der Waals surface area contributed by atoms with E-state index in [2.05, 4.69) is 18.8 Å². The average Bonchev–Trinajstić information content (AvgIpc) is 2.59. The molecule has 4 atom stereocenters. The minimum absolute atomic E-state index is 0.107. The molecule has 0 aliphatic carbocycles. The fraction of sp³-hybridized carbons (Fsp3) is 0.750. The number of hydrogen-bond acceptors (Lipinski definition) is 7. The molecule has 1 rings (SSSR count). The highest BCUT2D eigenvalue weighted by Crippen LogP contribution is 2.29. The van der Waals surface area contributed by atoms with Gasteiger partial charge in [-0.25, -0.2) is 0 Å². The van der Waals surface area contributed by atoms with Crippen molar-refractivity contribution >= 4 is 17.8 Å². The molecule has 1 aliphatic heterocycles. The fourth-order valence-corrected chi connectivity index (χ4v) is 3.06. The zero-order valence-corrected chi connectivity index (χ0v) is 17.3. The van der Waals surface area contributed by atoms with Gasteiger partial charge in [-0.3, -0.25) is 14.4 Å². The highest BCUT2D eigenvalue weighted by atomic mass is 16.7. The van der Waals surface area contributed by atoms with E-state index in [1.165, 1.54) is 40.0 Å². The molecule has 1 aliphatic rings. The number of unbranched alkanes of at least 4 members (excludes halogenated alkanes) is 5. The third-order valence-corrected chi connectivity index (χ3v) is 4.28. The predicted molar refractivity (Wildman–Crippen MR) is 102 cm³/mol. The van der Waals surface area contributed by atoms with Crippen LogP contribution in [0.1, 0.15) is 66.2 Å². The highest BCUT2D eigenvalue weighted by Gasteiger charge is 2.48. The second kappa shape index (κ2) is 12.4. The lowest BCUT2D eigenvalue weighted by Gasteiger charge is -2.42. The van der Waals surface area contributed by atoms with Gasteiger partial charge in [-0.1, -0.05) is 45.6 Å². The number of hydrogen-bond donors (Lipinski definition) is 1. The van der Waals surface area contributed by atoms with Crippen molar-refractivity contribution in [1.82, 2.24) is 5.32 Å². The molecule has 0 spiro atoms. The Bertz CT molecular complexity index is 549. The highest BCUT2D eigenvalue weighted by molar-refractivity contribution is 5.73. The number of rotatable bonds is 11. The van der Waals surface area contributed by atoms with E-state index < -0.39 is 36.5 Å². The zero-order chi connectivity index (χ0) is 21.1. The molecule has 0 radical (unpaired) electrons. The Morgan fingerprint density at radius 1 is 1.00 bits per heavy atom. The lowest BCUT2D eigenvalue weighted by atomic mass is 9.99. The van der Waals surface area contributed by atoms with E-state index in [1.54, 1.807) is 0 Å². The van der Waals surface area contributed by atoms with Crippen LogP contribution < -0.4 is 5.32 Å². The number of esters is 2. The third kappa shape index (κ3) is 8.29. The summed E-state index contributed by atoms with van der Waals surface area (Å²) < 4.78 is 22.0. The normalized spacial score (nSPS) is 24.2. The topological polar surface area (TPSA) is 100 Å². The van der Waals surface area contributed by atoms with Gasteiger partial charge < -0.3 is 24.3 Å². The summed E-state index contributed by atoms with van der Waals surface area (Å²) in [6.45, 7) is 10.2. The fourth-order valence-electron chi connectivity index (χ4n) is 3.06. The van der Waals surface area contributed by atoms with Crippen molar-refractivity contribution < 1.29 is 33.3 Å². The summed E-state index contributed by atoms with van der Waals surface area (Å²) in [5, 5.41) is 2.68. The lowest BCUT2D eigenvalue weighted by molar-refractivity contribution is -0.221. The van der Waals surface area contributed by atoms with E-state index in [0.717, 1.165) is 19.3 Å². The molecule has 28 heavy (non-hydrogen) atoms. The standard InChI is InChI=1S/C20H33NO7/c1-6-7-8-9-10-11-12-25-20-17(21-14(3)22)19(28-16(5)24)18(13(2)26-20)27-15(4)23/h17-20H,2,6-12H2,1,3-5H3,(H,21,22)/t17-,18-,19-,20-/m1/s1. The molecule has 0 saturated carbocycles. The molecule has 0 aromatic heterocycles. The number of nitrogens with one attached hydrogen (secondary N) is 1. The summed E-state index contributed by atoms with van der Waals surface area (Å²) >= 11 is 0. The summed E-state index contributed by atoms with van der Waals surface area (Å²) in [5.74, 6) is -1.41. The van der Waals surface area contributed by atoms with Gasteiger partial charge in [0.05, 0.1) is 6.61 Å². The van der Waals surface area contributed by atoms with Crippen LogP contribution in [0, 0.1) is 0 Å². The van der Waals surface area contributed by atoms with Crippen molar-refractivity contribution in [3.05, 3.63) is 12.3 Å². The van der Waals surface area contributed by atoms with Crippen molar-refractivity contribution in [2.75, 3.05) is 6.61 Å². The second-order valence-electron chi connectivity index (χ2n) is 6.92. The SMILES string of the molecule is C=C1O[C@@H](OCCCCCCCC)[C@H](NC(C)=O)[C@@H](OC(C)=O)[C@@H]1OC(C)=O. The van der Waals surface area contributed by atoms with Crippen LogP contribution in [0.4, 0.5) is 0 Å². The molecule has 1 fully saturated rings. The van der Waals surface area contributed by atoms with Crippen molar-refractivity contribution in [3.8, 4) is 0 Å². The van der Waals surface area contributed by atoms with Crippen LogP contribution in [0.15, 0.2) is 12.3 Å². The Morgan fingerprint density at radius 2 is 1.61 bits per heavy atom. The minimum atomic E-state index is -1.04. The van der Waals surface area contributed by atoms with Crippen LogP contribution in [0.3, 0.4) is 0 Å². The number of carbonyl (C=O) groups excluding carboxylic acids is 3. The molecule has 0 aromatic rings. The van der Waals surface area contributed by atoms with E-state index in [0.29, 0.717) is 6.61 Å². The van der Waals surface area contributed by atoms with E-state index in [-0.39, 0.29) is 11.7 Å². The van der Waals surface area contributed by atoms with E-state index >= 15 is 0 Å². The summed E-state index contributed by atoms with van der Waals surface area (Å²) in [6.07, 6.45) is 3.68. The number of ether oxygens (including phenoxy) is 4. The van der Waals surface area contributed by atoms with Crippen LogP contribution in [0.25, 0.3) is 0 Å². The Hall–Kier alpha value is -2.09. The van der Waals surface area contributed by atoms with Gasteiger partial charge in [-0.05, 0) is 6.42 Å². The van der Waals surface area contributed by atoms with Crippen LogP contribution >= 0.6 is 0 Å². The summed E-state index contributed by atoms with van der Waals surface area (Å²) in [5.41, 5.74) is 0. The molecule has 8 nitrogen and oxygen atoms in total. The van der Waals surface area contributed by atoms with E-state index in [4.69, 9.17) is 18.9 Å². The number of carbonyl (C=O) groups is 3. The van der Waals surface area contributed by atoms with Crippen LogP contribution in [-0.2, 0) is 33.3 Å². The summed E-state index contributed by atoms with van der Waals surface area (Å²) in [7, 11) is 0. The van der Waals surface area contributed by atoms with Crippen molar-refractivity contribution in [1.29, 1.82) is 0 Å². The molecule has 0 unspecified atom stereocenters. The number of amides is 1. The Morgan fingerprint density at radius 3 is 2.18 bits per heavy atom. The maximum Gasteiger partial charge on any atom is 0.303 e. The van der Waals surface area contributed by atoms with Gasteiger partial charge in [-0.15, -0.1) is 0 Å². The molecule has 160 valence electrons. The molecule has 1 amide bonds. The average molecular weight is 399 g/mol. The summed E-state index contributed by atoms with van der Waals surface area (Å²) in [4.78, 5) is 34.7. The first-order valence-corrected chi connectivity index (χ1v) is 9.84. The van der Waals surface area contributed by atoms with Crippen LogP contribution in [-0.4, -0.2) is 49.0 Å². The maximum atomic E-state index is 11.7. The molecule has 0 aromatic carbocycles. The van der Waals surface area contributed by atoms with Crippen LogP contribution in [0.5, 0.6) is 0 Å². The Labute approximate surface area is 166 Å². The Kier molecular flexibility index (Phi) is 10.6. The zero-order valence-electron chi connectivity index (χ0n) is 17.3. The van der Waals surface area contributed by atoms with Gasteiger partial charge in [0.2, 0.25) is 12.2 Å². The molecule has 1 N–H and O–H groups in total. The lowest BCUT2D eigenvalue weighted by Crippen LogP contribution is -2.62. The van der Waals surface area contributed by atoms with Gasteiger partial charge >= 0.3 is 11.9 Å². The van der Waals surface area contributed by atoms with E-state index in [1.807, 2.05) is 0 Å². The smallest absolute Gasteiger partial charge is 0.303 e. The third-order valence-electron chi connectivity index (χ3n) is 4.28. The largest absolute Gasteiger partial charge is 0.463 e. The second-order valence-corrected chi connectivity index (χ2v) is 6.92. The maximum absolute atomic E-state index is 11.7. The van der Waals surface area contributed by atoms with Crippen molar-refractivity contribution in [2.24, 2.45) is 0 Å². The molecule has 1 heterocycles.